The molecule has 1 aliphatic heterocycles. The summed E-state index contributed by atoms with van der Waals surface area (Å²) in [5.41, 5.74) is 0. The average Bonchev–Trinajstić information content (AvgIpc) is 2.61. The molecule has 0 unspecified atom stereocenters. The number of hydrogen-bond acceptors (Lipinski definition) is 5. The van der Waals surface area contributed by atoms with Crippen molar-refractivity contribution in [1.29, 1.82) is 0 Å². The fourth-order valence-electron chi connectivity index (χ4n) is 1.31. The van der Waals surface area contributed by atoms with Crippen LogP contribution in [0.5, 0.6) is 17.2 Å². The average molecular weight is 251 g/mol. The number of fused-ring (bicyclic) bond motifs is 1. The fraction of sp³-hybridized carbons (Fsp3) is 0.250. The highest BCUT2D eigenvalue weighted by Gasteiger charge is 2.26. The standard InChI is InChI=1S/C8H7ClO5S/c1-12-8-6(15(9,10)11)3-2-5-7(8)14-4-13-5/h2-3H,4H2,1H3. The third-order valence-corrected chi connectivity index (χ3v) is 3.27. The van der Waals surface area contributed by atoms with Gasteiger partial charge in [-0.1, -0.05) is 0 Å². The molecule has 0 saturated carbocycles. The van der Waals surface area contributed by atoms with Crippen LogP contribution >= 0.6 is 10.7 Å². The molecule has 0 saturated heterocycles. The van der Waals surface area contributed by atoms with Gasteiger partial charge >= 0.3 is 0 Å². The molecular weight excluding hydrogens is 244 g/mol. The molecule has 0 atom stereocenters. The molecule has 1 aromatic carbocycles. The molecule has 15 heavy (non-hydrogen) atoms. The first kappa shape index (κ1) is 10.4. The maximum Gasteiger partial charge on any atom is 0.265 e. The molecule has 82 valence electrons. The van der Waals surface area contributed by atoms with Crippen LogP contribution in [0.4, 0.5) is 0 Å². The summed E-state index contributed by atoms with van der Waals surface area (Å²) in [7, 11) is 2.72. The smallest absolute Gasteiger partial charge is 0.265 e. The van der Waals surface area contributed by atoms with Gasteiger partial charge in [0.25, 0.3) is 9.05 Å². The van der Waals surface area contributed by atoms with Crippen molar-refractivity contribution in [3.8, 4) is 17.2 Å². The number of halogens is 1. The van der Waals surface area contributed by atoms with E-state index in [9.17, 15) is 8.42 Å². The maximum absolute atomic E-state index is 11.2. The van der Waals surface area contributed by atoms with Gasteiger partial charge in [0.15, 0.2) is 11.5 Å². The van der Waals surface area contributed by atoms with Gasteiger partial charge in [-0.2, -0.15) is 0 Å². The van der Waals surface area contributed by atoms with E-state index in [4.69, 9.17) is 24.9 Å². The van der Waals surface area contributed by atoms with E-state index in [2.05, 4.69) is 0 Å². The summed E-state index contributed by atoms with van der Waals surface area (Å²) in [6.07, 6.45) is 0. The van der Waals surface area contributed by atoms with E-state index in [1.807, 2.05) is 0 Å². The van der Waals surface area contributed by atoms with E-state index in [0.717, 1.165) is 0 Å². The zero-order valence-corrected chi connectivity index (χ0v) is 9.26. The van der Waals surface area contributed by atoms with Crippen LogP contribution in [0.15, 0.2) is 17.0 Å². The van der Waals surface area contributed by atoms with Crippen LogP contribution in [0.1, 0.15) is 0 Å². The lowest BCUT2D eigenvalue weighted by Crippen LogP contribution is -1.98. The Bertz CT molecular complexity index is 496. The Morgan fingerprint density at radius 3 is 2.73 bits per heavy atom. The second-order valence-electron chi connectivity index (χ2n) is 2.77. The largest absolute Gasteiger partial charge is 0.491 e. The van der Waals surface area contributed by atoms with E-state index in [0.29, 0.717) is 5.75 Å². The van der Waals surface area contributed by atoms with Gasteiger partial charge in [-0.3, -0.25) is 0 Å². The van der Waals surface area contributed by atoms with E-state index in [1.165, 1.54) is 19.2 Å². The van der Waals surface area contributed by atoms with Crippen molar-refractivity contribution < 1.29 is 22.6 Å². The van der Waals surface area contributed by atoms with Crippen LogP contribution < -0.4 is 14.2 Å². The van der Waals surface area contributed by atoms with Gasteiger partial charge in [0, 0.05) is 10.7 Å². The van der Waals surface area contributed by atoms with Crippen LogP contribution in [0.25, 0.3) is 0 Å². The molecule has 0 spiro atoms. The van der Waals surface area contributed by atoms with Gasteiger partial charge in [0.05, 0.1) is 7.11 Å². The van der Waals surface area contributed by atoms with Crippen molar-refractivity contribution in [2.45, 2.75) is 4.90 Å². The monoisotopic (exact) mass is 250 g/mol. The Hall–Kier alpha value is -1.14. The van der Waals surface area contributed by atoms with Crippen LogP contribution in [0.2, 0.25) is 0 Å². The molecule has 2 rings (SSSR count). The molecule has 1 heterocycles. The predicted octanol–water partition coefficient (Wildman–Crippen LogP) is 1.35. The van der Waals surface area contributed by atoms with Crippen molar-refractivity contribution in [2.75, 3.05) is 13.9 Å². The number of rotatable bonds is 2. The molecule has 0 radical (unpaired) electrons. The lowest BCUT2D eigenvalue weighted by atomic mass is 10.3. The van der Waals surface area contributed by atoms with Gasteiger partial charge in [-0.15, -0.1) is 0 Å². The van der Waals surface area contributed by atoms with Crippen molar-refractivity contribution in [2.24, 2.45) is 0 Å². The maximum atomic E-state index is 11.2. The molecule has 7 heteroatoms. The minimum Gasteiger partial charge on any atom is -0.491 e. The predicted molar refractivity (Wildman–Crippen MR) is 52.2 cm³/mol. The normalized spacial score (nSPS) is 14.0. The molecular formula is C8H7ClO5S. The Morgan fingerprint density at radius 1 is 1.40 bits per heavy atom. The first-order valence-electron chi connectivity index (χ1n) is 3.95. The highest BCUT2D eigenvalue weighted by molar-refractivity contribution is 8.13. The van der Waals surface area contributed by atoms with Crippen LogP contribution in [0.3, 0.4) is 0 Å². The van der Waals surface area contributed by atoms with Crippen LogP contribution in [-0.2, 0) is 9.05 Å². The first-order valence-corrected chi connectivity index (χ1v) is 6.26. The zero-order valence-electron chi connectivity index (χ0n) is 7.69. The van der Waals surface area contributed by atoms with Crippen molar-refractivity contribution >= 4 is 19.7 Å². The van der Waals surface area contributed by atoms with Crippen LogP contribution in [0, 0.1) is 0 Å². The summed E-state index contributed by atoms with van der Waals surface area (Å²) in [5.74, 6) is 0.773. The molecule has 0 N–H and O–H groups in total. The summed E-state index contributed by atoms with van der Waals surface area (Å²) in [6, 6.07) is 2.79. The third-order valence-electron chi connectivity index (χ3n) is 1.92. The summed E-state index contributed by atoms with van der Waals surface area (Å²) in [6.45, 7) is 0.0392. The summed E-state index contributed by atoms with van der Waals surface area (Å²) < 4.78 is 37.5. The summed E-state index contributed by atoms with van der Waals surface area (Å²) >= 11 is 0. The van der Waals surface area contributed by atoms with E-state index in [-0.39, 0.29) is 23.2 Å². The van der Waals surface area contributed by atoms with Gasteiger partial charge < -0.3 is 14.2 Å². The van der Waals surface area contributed by atoms with E-state index in [1.54, 1.807) is 0 Å². The molecule has 0 bridgehead atoms. The molecule has 1 aliphatic rings. The molecule has 0 amide bonds. The third kappa shape index (κ3) is 1.70. The lowest BCUT2D eigenvalue weighted by molar-refractivity contribution is 0.171. The van der Waals surface area contributed by atoms with Crippen molar-refractivity contribution in [3.05, 3.63) is 12.1 Å². The number of methoxy groups -OCH3 is 1. The van der Waals surface area contributed by atoms with Crippen LogP contribution in [-0.4, -0.2) is 22.3 Å². The van der Waals surface area contributed by atoms with Gasteiger partial charge in [0.1, 0.15) is 4.90 Å². The van der Waals surface area contributed by atoms with E-state index < -0.39 is 9.05 Å². The topological polar surface area (TPSA) is 61.8 Å². The Balaban J connectivity index is 2.69. The minimum absolute atomic E-state index is 0.0392. The highest BCUT2D eigenvalue weighted by atomic mass is 35.7. The Kier molecular flexibility index (Phi) is 2.40. The number of hydrogen-bond donors (Lipinski definition) is 0. The highest BCUT2D eigenvalue weighted by Crippen LogP contribution is 2.45. The number of ether oxygens (including phenoxy) is 3. The minimum atomic E-state index is -3.86. The fourth-order valence-corrected chi connectivity index (χ4v) is 2.31. The molecule has 1 aromatic rings. The molecule has 0 aliphatic carbocycles. The Morgan fingerprint density at radius 2 is 2.13 bits per heavy atom. The second-order valence-corrected chi connectivity index (χ2v) is 5.30. The SMILES string of the molecule is COc1c(S(=O)(=O)Cl)ccc2c1OCO2. The van der Waals surface area contributed by atoms with Crippen molar-refractivity contribution in [1.82, 2.24) is 0 Å². The van der Waals surface area contributed by atoms with E-state index >= 15 is 0 Å². The zero-order chi connectivity index (χ0) is 11.1. The van der Waals surface area contributed by atoms with Gasteiger partial charge in [-0.25, -0.2) is 8.42 Å². The van der Waals surface area contributed by atoms with Gasteiger partial charge in [-0.05, 0) is 12.1 Å². The lowest BCUT2D eigenvalue weighted by Gasteiger charge is -2.07. The molecule has 5 nitrogen and oxygen atoms in total. The first-order chi connectivity index (χ1) is 7.04. The second kappa shape index (κ2) is 3.46. The molecule has 0 aromatic heterocycles. The summed E-state index contributed by atoms with van der Waals surface area (Å²) in [4.78, 5) is -0.129. The quantitative estimate of drug-likeness (QED) is 0.742. The number of benzene rings is 1. The Labute approximate surface area is 90.9 Å². The van der Waals surface area contributed by atoms with Crippen molar-refractivity contribution in [3.63, 3.8) is 0 Å². The molecule has 0 fully saturated rings. The van der Waals surface area contributed by atoms with Gasteiger partial charge in [0.2, 0.25) is 12.5 Å². The summed E-state index contributed by atoms with van der Waals surface area (Å²) in [5, 5.41) is 0.